The molecular formula is C11H14N4O3S. The van der Waals surface area contributed by atoms with Gasteiger partial charge in [-0.15, -0.1) is 10.2 Å². The number of nitrogens with zero attached hydrogens (tertiary/aromatic N) is 4. The zero-order valence-electron chi connectivity index (χ0n) is 10.7. The molecule has 0 bridgehead atoms. The quantitative estimate of drug-likeness (QED) is 0.799. The van der Waals surface area contributed by atoms with E-state index >= 15 is 0 Å². The van der Waals surface area contributed by atoms with Crippen LogP contribution in [0, 0.1) is 6.92 Å². The van der Waals surface area contributed by atoms with Crippen molar-refractivity contribution in [1.82, 2.24) is 19.7 Å². The third-order valence-electron chi connectivity index (χ3n) is 2.47. The van der Waals surface area contributed by atoms with Crippen LogP contribution >= 0.6 is 11.8 Å². The number of carbonyl (C=O) groups is 1. The largest absolute Gasteiger partial charge is 0.481 e. The number of hydrogen-bond acceptors (Lipinski definition) is 6. The van der Waals surface area contributed by atoms with Crippen molar-refractivity contribution < 1.29 is 14.3 Å². The maximum Gasteiger partial charge on any atom is 0.313 e. The molecule has 0 atom stereocenters. The molecule has 8 heteroatoms. The fourth-order valence-electron chi connectivity index (χ4n) is 1.50. The molecule has 2 aromatic rings. The van der Waals surface area contributed by atoms with Crippen molar-refractivity contribution in [3.63, 3.8) is 0 Å². The molecule has 2 heterocycles. The lowest BCUT2D eigenvalue weighted by molar-refractivity contribution is -0.133. The highest BCUT2D eigenvalue weighted by atomic mass is 32.2. The number of aryl methyl sites for hydroxylation is 2. The summed E-state index contributed by atoms with van der Waals surface area (Å²) in [6.07, 6.45) is 2.48. The number of carboxylic acid groups (broad SMARTS) is 1. The van der Waals surface area contributed by atoms with Crippen molar-refractivity contribution in [2.24, 2.45) is 0 Å². The first-order valence-corrected chi connectivity index (χ1v) is 6.76. The van der Waals surface area contributed by atoms with Crippen molar-refractivity contribution in [2.75, 3.05) is 5.75 Å². The summed E-state index contributed by atoms with van der Waals surface area (Å²) in [4.78, 5) is 14.8. The number of carboxylic acids is 1. The zero-order chi connectivity index (χ0) is 13.8. The molecule has 1 N–H and O–H groups in total. The van der Waals surface area contributed by atoms with E-state index in [-0.39, 0.29) is 5.75 Å². The number of thioether (sulfide) groups is 1. The van der Waals surface area contributed by atoms with Crippen molar-refractivity contribution in [2.45, 2.75) is 32.0 Å². The van der Waals surface area contributed by atoms with Gasteiger partial charge in [0, 0.05) is 6.42 Å². The van der Waals surface area contributed by atoms with E-state index in [4.69, 9.17) is 9.52 Å². The number of rotatable bonds is 6. The molecule has 2 rings (SSSR count). The van der Waals surface area contributed by atoms with E-state index in [2.05, 4.69) is 15.2 Å². The fourth-order valence-corrected chi connectivity index (χ4v) is 2.20. The number of aromatic nitrogens is 4. The van der Waals surface area contributed by atoms with Crippen LogP contribution in [0.1, 0.15) is 24.4 Å². The highest BCUT2D eigenvalue weighted by Crippen LogP contribution is 2.18. The van der Waals surface area contributed by atoms with Crippen LogP contribution in [-0.2, 0) is 17.8 Å². The molecule has 0 amide bonds. The molecule has 0 spiro atoms. The van der Waals surface area contributed by atoms with E-state index in [1.54, 1.807) is 10.8 Å². The van der Waals surface area contributed by atoms with E-state index in [9.17, 15) is 4.79 Å². The van der Waals surface area contributed by atoms with Gasteiger partial charge < -0.3 is 9.52 Å². The van der Waals surface area contributed by atoms with Gasteiger partial charge in [-0.25, -0.2) is 4.98 Å². The Balaban J connectivity index is 2.14. The van der Waals surface area contributed by atoms with E-state index in [0.717, 1.165) is 23.9 Å². The second-order valence-corrected chi connectivity index (χ2v) is 4.81. The van der Waals surface area contributed by atoms with Gasteiger partial charge in [0.1, 0.15) is 18.1 Å². The van der Waals surface area contributed by atoms with E-state index in [1.807, 2.05) is 13.8 Å². The lowest BCUT2D eigenvalue weighted by atomic mass is 10.4. The first-order chi connectivity index (χ1) is 9.10. The first kappa shape index (κ1) is 13.6. The van der Waals surface area contributed by atoms with Gasteiger partial charge in [0.15, 0.2) is 5.16 Å². The van der Waals surface area contributed by atoms with Gasteiger partial charge in [0.25, 0.3) is 0 Å². The van der Waals surface area contributed by atoms with E-state index < -0.39 is 5.97 Å². The van der Waals surface area contributed by atoms with Crippen molar-refractivity contribution in [1.29, 1.82) is 0 Å². The van der Waals surface area contributed by atoms with Crippen LogP contribution in [0.2, 0.25) is 0 Å². The predicted molar refractivity (Wildman–Crippen MR) is 68.1 cm³/mol. The highest BCUT2D eigenvalue weighted by molar-refractivity contribution is 7.99. The number of oxazole rings is 1. The van der Waals surface area contributed by atoms with Crippen LogP contribution in [0.4, 0.5) is 0 Å². The molecule has 0 fully saturated rings. The third kappa shape index (κ3) is 3.34. The monoisotopic (exact) mass is 282 g/mol. The lowest BCUT2D eigenvalue weighted by Crippen LogP contribution is -2.06. The standard InChI is InChI=1S/C11H14N4O3S/c1-3-8-4-12-9(18-8)5-15-7(2)13-14-11(15)19-6-10(16)17/h4H,3,5-6H2,1-2H3,(H,16,17). The molecule has 2 aromatic heterocycles. The summed E-state index contributed by atoms with van der Waals surface area (Å²) in [5.41, 5.74) is 0. The van der Waals surface area contributed by atoms with Crippen LogP contribution in [0.25, 0.3) is 0 Å². The molecule has 0 saturated heterocycles. The average Bonchev–Trinajstić information content (AvgIpc) is 2.96. The Morgan fingerprint density at radius 3 is 2.95 bits per heavy atom. The molecule has 0 unspecified atom stereocenters. The molecule has 0 aliphatic heterocycles. The Hall–Kier alpha value is -1.83. The molecule has 19 heavy (non-hydrogen) atoms. The molecule has 0 saturated carbocycles. The average molecular weight is 282 g/mol. The Bertz CT molecular complexity index is 578. The smallest absolute Gasteiger partial charge is 0.313 e. The Morgan fingerprint density at radius 1 is 1.53 bits per heavy atom. The second kappa shape index (κ2) is 5.87. The molecule has 7 nitrogen and oxygen atoms in total. The summed E-state index contributed by atoms with van der Waals surface area (Å²) in [6, 6.07) is 0. The normalized spacial score (nSPS) is 10.8. The van der Waals surface area contributed by atoms with E-state index in [1.165, 1.54) is 0 Å². The molecule has 102 valence electrons. The third-order valence-corrected chi connectivity index (χ3v) is 3.42. The fraction of sp³-hybridized carbons (Fsp3) is 0.455. The molecule has 0 aliphatic carbocycles. The van der Waals surface area contributed by atoms with Crippen LogP contribution in [0.5, 0.6) is 0 Å². The minimum atomic E-state index is -0.887. The Labute approximate surface area is 114 Å². The van der Waals surface area contributed by atoms with Crippen LogP contribution in [0.3, 0.4) is 0 Å². The van der Waals surface area contributed by atoms with Gasteiger partial charge in [-0.05, 0) is 6.92 Å². The van der Waals surface area contributed by atoms with Crippen LogP contribution < -0.4 is 0 Å². The maximum absolute atomic E-state index is 10.6. The van der Waals surface area contributed by atoms with Gasteiger partial charge in [0.2, 0.25) is 5.89 Å². The summed E-state index contributed by atoms with van der Waals surface area (Å²) in [6.45, 7) is 4.20. The number of aliphatic carboxylic acids is 1. The minimum Gasteiger partial charge on any atom is -0.481 e. The van der Waals surface area contributed by atoms with Gasteiger partial charge in [-0.2, -0.15) is 0 Å². The summed E-state index contributed by atoms with van der Waals surface area (Å²) >= 11 is 1.13. The molecule has 0 radical (unpaired) electrons. The predicted octanol–water partition coefficient (Wildman–Crippen LogP) is 1.36. The van der Waals surface area contributed by atoms with Crippen molar-refractivity contribution >= 4 is 17.7 Å². The summed E-state index contributed by atoms with van der Waals surface area (Å²) in [5.74, 6) is 1.15. The highest BCUT2D eigenvalue weighted by Gasteiger charge is 2.13. The van der Waals surface area contributed by atoms with Gasteiger partial charge >= 0.3 is 5.97 Å². The van der Waals surface area contributed by atoms with Crippen molar-refractivity contribution in [3.05, 3.63) is 23.7 Å². The summed E-state index contributed by atoms with van der Waals surface area (Å²) in [7, 11) is 0. The maximum atomic E-state index is 10.6. The second-order valence-electron chi connectivity index (χ2n) is 3.87. The van der Waals surface area contributed by atoms with Crippen LogP contribution in [-0.4, -0.2) is 36.6 Å². The van der Waals surface area contributed by atoms with Gasteiger partial charge in [-0.1, -0.05) is 18.7 Å². The zero-order valence-corrected chi connectivity index (χ0v) is 11.5. The number of hydrogen-bond donors (Lipinski definition) is 1. The van der Waals surface area contributed by atoms with Crippen molar-refractivity contribution in [3.8, 4) is 0 Å². The first-order valence-electron chi connectivity index (χ1n) is 5.78. The summed E-state index contributed by atoms with van der Waals surface area (Å²) < 4.78 is 7.32. The minimum absolute atomic E-state index is 0.0517. The molecular weight excluding hydrogens is 268 g/mol. The van der Waals surface area contributed by atoms with E-state index in [0.29, 0.717) is 23.4 Å². The Kier molecular flexibility index (Phi) is 4.20. The Morgan fingerprint density at radius 2 is 2.32 bits per heavy atom. The SMILES string of the molecule is CCc1cnc(Cn2c(C)nnc2SCC(=O)O)o1. The lowest BCUT2D eigenvalue weighted by Gasteiger charge is -2.04. The van der Waals surface area contributed by atoms with Crippen LogP contribution in [0.15, 0.2) is 15.8 Å². The molecule has 0 aromatic carbocycles. The van der Waals surface area contributed by atoms with Gasteiger partial charge in [-0.3, -0.25) is 9.36 Å². The summed E-state index contributed by atoms with van der Waals surface area (Å²) in [5, 5.41) is 17.1. The molecule has 0 aliphatic rings. The topological polar surface area (TPSA) is 94.0 Å². The van der Waals surface area contributed by atoms with Gasteiger partial charge in [0.05, 0.1) is 11.9 Å².